The molecular formula is C14H17N3O2. The molecule has 0 atom stereocenters. The van der Waals surface area contributed by atoms with E-state index in [1.54, 1.807) is 11.8 Å². The van der Waals surface area contributed by atoms with Gasteiger partial charge in [0.05, 0.1) is 17.5 Å². The smallest absolute Gasteiger partial charge is 0.185 e. The second kappa shape index (κ2) is 5.32. The fourth-order valence-electron chi connectivity index (χ4n) is 1.73. The second-order valence-electron chi connectivity index (χ2n) is 4.93. The molecule has 1 aromatic carbocycles. The molecule has 100 valence electrons. The number of para-hydroxylation sites is 1. The predicted molar refractivity (Wildman–Crippen MR) is 71.4 cm³/mol. The van der Waals surface area contributed by atoms with Gasteiger partial charge in [0.15, 0.2) is 5.78 Å². The molecule has 0 aliphatic rings. The lowest BCUT2D eigenvalue weighted by atomic mass is 10.0. The van der Waals surface area contributed by atoms with Crippen molar-refractivity contribution in [2.24, 2.45) is 0 Å². The van der Waals surface area contributed by atoms with Gasteiger partial charge in [-0.25, -0.2) is 4.68 Å². The molecule has 2 rings (SSSR count). The summed E-state index contributed by atoms with van der Waals surface area (Å²) in [4.78, 5) is 12.3. The van der Waals surface area contributed by atoms with Crippen LogP contribution in [0.4, 0.5) is 0 Å². The lowest BCUT2D eigenvalue weighted by Crippen LogP contribution is -2.27. The van der Waals surface area contributed by atoms with E-state index in [4.69, 9.17) is 4.74 Å². The van der Waals surface area contributed by atoms with Gasteiger partial charge >= 0.3 is 0 Å². The van der Waals surface area contributed by atoms with Gasteiger partial charge in [0.25, 0.3) is 0 Å². The van der Waals surface area contributed by atoms with E-state index in [9.17, 15) is 4.79 Å². The van der Waals surface area contributed by atoms with Crippen molar-refractivity contribution in [3.8, 4) is 5.69 Å². The molecule has 0 amide bonds. The van der Waals surface area contributed by atoms with E-state index in [2.05, 4.69) is 10.3 Å². The van der Waals surface area contributed by atoms with Gasteiger partial charge in [-0.1, -0.05) is 23.4 Å². The molecule has 5 heteroatoms. The summed E-state index contributed by atoms with van der Waals surface area (Å²) in [7, 11) is 1.60. The minimum absolute atomic E-state index is 0.0410. The fraction of sp³-hybridized carbons (Fsp3) is 0.357. The summed E-state index contributed by atoms with van der Waals surface area (Å²) >= 11 is 0. The third-order valence-electron chi connectivity index (χ3n) is 2.97. The van der Waals surface area contributed by atoms with Gasteiger partial charge in [-0.15, -0.1) is 5.10 Å². The Kier molecular flexibility index (Phi) is 3.76. The third kappa shape index (κ3) is 3.06. The number of methoxy groups -OCH3 is 1. The number of benzene rings is 1. The Morgan fingerprint density at radius 2 is 2.00 bits per heavy atom. The molecule has 5 nitrogen and oxygen atoms in total. The number of rotatable bonds is 5. The van der Waals surface area contributed by atoms with E-state index >= 15 is 0 Å². The number of aromatic nitrogens is 3. The average molecular weight is 259 g/mol. The molecule has 19 heavy (non-hydrogen) atoms. The lowest BCUT2D eigenvalue weighted by molar-refractivity contribution is 0.0170. The summed E-state index contributed by atoms with van der Waals surface area (Å²) in [6, 6.07) is 9.46. The molecule has 0 aliphatic heterocycles. The first kappa shape index (κ1) is 13.4. The Morgan fingerprint density at radius 3 is 2.63 bits per heavy atom. The van der Waals surface area contributed by atoms with Crippen LogP contribution in [0.3, 0.4) is 0 Å². The molecule has 0 fully saturated rings. The zero-order valence-corrected chi connectivity index (χ0v) is 11.3. The van der Waals surface area contributed by atoms with Gasteiger partial charge in [0.2, 0.25) is 0 Å². The van der Waals surface area contributed by atoms with Crippen LogP contribution in [0.5, 0.6) is 0 Å². The number of hydrogen-bond donors (Lipinski definition) is 0. The highest BCUT2D eigenvalue weighted by Gasteiger charge is 2.24. The van der Waals surface area contributed by atoms with E-state index in [0.29, 0.717) is 5.69 Å². The highest BCUT2D eigenvalue weighted by atomic mass is 16.5. The van der Waals surface area contributed by atoms with Crippen molar-refractivity contribution in [1.82, 2.24) is 15.0 Å². The largest absolute Gasteiger partial charge is 0.378 e. The van der Waals surface area contributed by atoms with Gasteiger partial charge in [-0.3, -0.25) is 4.79 Å². The quantitative estimate of drug-likeness (QED) is 0.773. The molecule has 0 saturated carbocycles. The Morgan fingerprint density at radius 1 is 1.32 bits per heavy atom. The Bertz CT molecular complexity index is 561. The minimum atomic E-state index is -0.497. The third-order valence-corrected chi connectivity index (χ3v) is 2.97. The number of ketones is 1. The summed E-state index contributed by atoms with van der Waals surface area (Å²) in [5.41, 5.74) is 0.790. The van der Waals surface area contributed by atoms with Crippen molar-refractivity contribution in [2.45, 2.75) is 25.9 Å². The molecule has 2 aromatic rings. The predicted octanol–water partition coefficient (Wildman–Crippen LogP) is 2.27. The summed E-state index contributed by atoms with van der Waals surface area (Å²) < 4.78 is 6.83. The summed E-state index contributed by atoms with van der Waals surface area (Å²) in [6.45, 7) is 3.75. The fourth-order valence-corrected chi connectivity index (χ4v) is 1.73. The molecule has 0 N–H and O–H groups in total. The van der Waals surface area contributed by atoms with Gasteiger partial charge in [0.1, 0.15) is 5.69 Å². The maximum Gasteiger partial charge on any atom is 0.185 e. The molecule has 0 radical (unpaired) electrons. The van der Waals surface area contributed by atoms with E-state index in [0.717, 1.165) is 5.69 Å². The molecule has 0 saturated heterocycles. The molecule has 0 spiro atoms. The van der Waals surface area contributed by atoms with Crippen LogP contribution in [0.1, 0.15) is 30.8 Å². The van der Waals surface area contributed by atoms with Crippen LogP contribution in [-0.4, -0.2) is 33.5 Å². The molecule has 1 heterocycles. The average Bonchev–Trinajstić information content (AvgIpc) is 2.88. The van der Waals surface area contributed by atoms with E-state index < -0.39 is 5.60 Å². The van der Waals surface area contributed by atoms with Crippen LogP contribution in [0.25, 0.3) is 5.69 Å². The zero-order valence-electron chi connectivity index (χ0n) is 11.3. The number of carbonyl (C=O) groups is 1. The van der Waals surface area contributed by atoms with E-state index in [-0.39, 0.29) is 12.2 Å². The zero-order chi connectivity index (χ0) is 13.9. The SMILES string of the molecule is COC(C)(C)CC(=O)c1cnnn1-c1ccccc1. The number of Topliss-reactive ketones (excluding diaryl/α,β-unsaturated/α-hetero) is 1. The number of nitrogens with zero attached hydrogens (tertiary/aromatic N) is 3. The van der Waals surface area contributed by atoms with Crippen molar-refractivity contribution >= 4 is 5.78 Å². The lowest BCUT2D eigenvalue weighted by Gasteiger charge is -2.21. The monoisotopic (exact) mass is 259 g/mol. The standard InChI is InChI=1S/C14H17N3O2/c1-14(2,19-3)9-13(18)12-10-15-16-17(12)11-7-5-4-6-8-11/h4-8,10H,9H2,1-3H3. The van der Waals surface area contributed by atoms with Crippen LogP contribution in [0.15, 0.2) is 36.5 Å². The molecular weight excluding hydrogens is 242 g/mol. The molecule has 0 unspecified atom stereocenters. The molecule has 0 aliphatic carbocycles. The summed E-state index contributed by atoms with van der Waals surface area (Å²) in [5, 5.41) is 7.80. The van der Waals surface area contributed by atoms with Crippen LogP contribution < -0.4 is 0 Å². The maximum atomic E-state index is 12.3. The number of carbonyl (C=O) groups excluding carboxylic acids is 1. The van der Waals surface area contributed by atoms with Crippen LogP contribution in [0, 0.1) is 0 Å². The van der Waals surface area contributed by atoms with Gasteiger partial charge in [-0.2, -0.15) is 0 Å². The van der Waals surface area contributed by atoms with Crippen molar-refractivity contribution in [1.29, 1.82) is 0 Å². The minimum Gasteiger partial charge on any atom is -0.378 e. The molecule has 0 bridgehead atoms. The summed E-state index contributed by atoms with van der Waals surface area (Å²) in [6.07, 6.45) is 1.77. The summed E-state index contributed by atoms with van der Waals surface area (Å²) in [5.74, 6) is -0.0410. The highest BCUT2D eigenvalue weighted by molar-refractivity contribution is 5.95. The Labute approximate surface area is 112 Å². The van der Waals surface area contributed by atoms with Gasteiger partial charge in [0, 0.05) is 13.5 Å². The van der Waals surface area contributed by atoms with Crippen molar-refractivity contribution in [3.63, 3.8) is 0 Å². The van der Waals surface area contributed by atoms with Crippen LogP contribution >= 0.6 is 0 Å². The topological polar surface area (TPSA) is 57.0 Å². The van der Waals surface area contributed by atoms with Gasteiger partial charge < -0.3 is 4.74 Å². The Hall–Kier alpha value is -2.01. The van der Waals surface area contributed by atoms with Crippen LogP contribution in [-0.2, 0) is 4.74 Å². The Balaban J connectivity index is 2.28. The number of ether oxygens (including phenoxy) is 1. The van der Waals surface area contributed by atoms with E-state index in [1.165, 1.54) is 6.20 Å². The van der Waals surface area contributed by atoms with Crippen molar-refractivity contribution < 1.29 is 9.53 Å². The van der Waals surface area contributed by atoms with Crippen molar-refractivity contribution in [2.75, 3.05) is 7.11 Å². The van der Waals surface area contributed by atoms with Crippen LogP contribution in [0.2, 0.25) is 0 Å². The first-order valence-electron chi connectivity index (χ1n) is 6.08. The highest BCUT2D eigenvalue weighted by Crippen LogP contribution is 2.18. The first-order valence-corrected chi connectivity index (χ1v) is 6.08. The molecule has 1 aromatic heterocycles. The number of hydrogen-bond acceptors (Lipinski definition) is 4. The maximum absolute atomic E-state index is 12.3. The normalized spacial score (nSPS) is 11.5. The van der Waals surface area contributed by atoms with Crippen molar-refractivity contribution in [3.05, 3.63) is 42.2 Å². The first-order chi connectivity index (χ1) is 9.03. The second-order valence-corrected chi connectivity index (χ2v) is 4.93. The van der Waals surface area contributed by atoms with E-state index in [1.807, 2.05) is 44.2 Å². The van der Waals surface area contributed by atoms with Gasteiger partial charge in [-0.05, 0) is 26.0 Å².